The first kappa shape index (κ1) is 14.6. The average Bonchev–Trinajstić information content (AvgIpc) is 2.27. The van der Waals surface area contributed by atoms with E-state index in [0.29, 0.717) is 16.0 Å². The van der Waals surface area contributed by atoms with Crippen LogP contribution in [-0.2, 0) is 4.79 Å². The lowest BCUT2D eigenvalue weighted by Gasteiger charge is -2.18. The molecule has 0 aliphatic heterocycles. The van der Waals surface area contributed by atoms with E-state index in [1.54, 1.807) is 0 Å². The molecule has 7 heteroatoms. The molecule has 4 N–H and O–H groups in total. The van der Waals surface area contributed by atoms with Crippen LogP contribution in [0.1, 0.15) is 18.0 Å². The van der Waals surface area contributed by atoms with E-state index in [9.17, 15) is 9.90 Å². The van der Waals surface area contributed by atoms with Crippen LogP contribution in [0.5, 0.6) is 17.2 Å². The van der Waals surface area contributed by atoms with E-state index in [1.807, 2.05) is 0 Å². The number of nitrogens with two attached hydrogens (primary N) is 1. The highest BCUT2D eigenvalue weighted by Gasteiger charge is 2.23. The third-order valence-corrected chi connectivity index (χ3v) is 3.18. The Labute approximate surface area is 112 Å². The number of carboxylic acids is 1. The van der Waals surface area contributed by atoms with E-state index in [1.165, 1.54) is 20.3 Å². The van der Waals surface area contributed by atoms with Crippen LogP contribution in [0.3, 0.4) is 0 Å². The van der Waals surface area contributed by atoms with Gasteiger partial charge in [-0.1, -0.05) is 0 Å². The van der Waals surface area contributed by atoms with Gasteiger partial charge in [0.25, 0.3) is 0 Å². The Morgan fingerprint density at radius 3 is 2.56 bits per heavy atom. The predicted molar refractivity (Wildman–Crippen MR) is 68.1 cm³/mol. The fraction of sp³-hybridized carbons (Fsp3) is 0.364. The number of aliphatic carboxylic acids is 1. The molecule has 1 aromatic carbocycles. The van der Waals surface area contributed by atoms with Crippen molar-refractivity contribution in [3.05, 3.63) is 16.1 Å². The first-order chi connectivity index (χ1) is 8.42. The van der Waals surface area contributed by atoms with Crippen LogP contribution in [0, 0.1) is 0 Å². The van der Waals surface area contributed by atoms with Crippen LogP contribution in [-0.4, -0.2) is 30.4 Å². The fourth-order valence-electron chi connectivity index (χ4n) is 1.60. The summed E-state index contributed by atoms with van der Waals surface area (Å²) in [5.41, 5.74) is 6.02. The molecule has 0 saturated heterocycles. The van der Waals surface area contributed by atoms with E-state index >= 15 is 0 Å². The van der Waals surface area contributed by atoms with E-state index in [0.717, 1.165) is 0 Å². The quantitative estimate of drug-likeness (QED) is 0.762. The van der Waals surface area contributed by atoms with E-state index in [2.05, 4.69) is 15.9 Å². The molecule has 0 bridgehead atoms. The Kier molecular flexibility index (Phi) is 4.80. The van der Waals surface area contributed by atoms with Crippen LogP contribution in [0.2, 0.25) is 0 Å². The number of carbonyl (C=O) groups is 1. The van der Waals surface area contributed by atoms with Gasteiger partial charge < -0.3 is 25.4 Å². The lowest BCUT2D eigenvalue weighted by molar-refractivity contribution is -0.137. The second-order valence-corrected chi connectivity index (χ2v) is 4.36. The summed E-state index contributed by atoms with van der Waals surface area (Å²) < 4.78 is 10.6. The van der Waals surface area contributed by atoms with Crippen LogP contribution in [0.4, 0.5) is 0 Å². The normalized spacial score (nSPS) is 12.0. The first-order valence-corrected chi connectivity index (χ1v) is 5.82. The van der Waals surface area contributed by atoms with Crippen LogP contribution >= 0.6 is 15.9 Å². The molecular formula is C11H14BrNO5. The number of carboxylic acid groups (broad SMARTS) is 1. The van der Waals surface area contributed by atoms with Crippen molar-refractivity contribution >= 4 is 21.9 Å². The summed E-state index contributed by atoms with van der Waals surface area (Å²) >= 11 is 3.24. The molecule has 1 rings (SSSR count). The third kappa shape index (κ3) is 2.85. The fourth-order valence-corrected chi connectivity index (χ4v) is 2.45. The lowest BCUT2D eigenvalue weighted by atomic mass is 10.0. The molecule has 0 saturated carbocycles. The average molecular weight is 320 g/mol. The van der Waals surface area contributed by atoms with Crippen molar-refractivity contribution in [3.8, 4) is 17.2 Å². The Morgan fingerprint density at radius 1 is 1.50 bits per heavy atom. The molecule has 1 unspecified atom stereocenters. The number of hydrogen-bond acceptors (Lipinski definition) is 5. The molecule has 0 amide bonds. The Hall–Kier alpha value is -1.47. The van der Waals surface area contributed by atoms with Crippen molar-refractivity contribution in [3.63, 3.8) is 0 Å². The Balaban J connectivity index is 3.31. The number of halogens is 1. The van der Waals surface area contributed by atoms with Crippen molar-refractivity contribution < 1.29 is 24.5 Å². The molecule has 0 heterocycles. The highest BCUT2D eigenvalue weighted by atomic mass is 79.9. The number of hydrogen-bond donors (Lipinski definition) is 3. The smallest absolute Gasteiger partial charge is 0.305 e. The van der Waals surface area contributed by atoms with E-state index in [-0.39, 0.29) is 17.7 Å². The molecule has 0 radical (unpaired) electrons. The number of aromatic hydroxyl groups is 1. The molecule has 1 atom stereocenters. The van der Waals surface area contributed by atoms with Crippen LogP contribution < -0.4 is 15.2 Å². The van der Waals surface area contributed by atoms with Gasteiger partial charge in [0.2, 0.25) is 0 Å². The van der Waals surface area contributed by atoms with Crippen LogP contribution in [0.25, 0.3) is 0 Å². The maximum atomic E-state index is 10.7. The Morgan fingerprint density at radius 2 is 2.11 bits per heavy atom. The highest BCUT2D eigenvalue weighted by molar-refractivity contribution is 9.10. The van der Waals surface area contributed by atoms with Gasteiger partial charge in [0.15, 0.2) is 11.5 Å². The maximum absolute atomic E-state index is 10.7. The summed E-state index contributed by atoms with van der Waals surface area (Å²) in [5, 5.41) is 18.6. The number of phenolic OH excluding ortho intramolecular Hbond substituents is 1. The zero-order chi connectivity index (χ0) is 13.9. The van der Waals surface area contributed by atoms with Gasteiger partial charge >= 0.3 is 5.97 Å². The lowest BCUT2D eigenvalue weighted by Crippen LogP contribution is -2.16. The summed E-state index contributed by atoms with van der Waals surface area (Å²) in [6, 6.07) is 0.484. The van der Waals surface area contributed by atoms with E-state index in [4.69, 9.17) is 20.3 Å². The second kappa shape index (κ2) is 5.92. The van der Waals surface area contributed by atoms with Gasteiger partial charge in [-0.2, -0.15) is 0 Å². The van der Waals surface area contributed by atoms with Crippen molar-refractivity contribution in [1.29, 1.82) is 0 Å². The minimum absolute atomic E-state index is 0.145. The molecule has 0 aliphatic rings. The monoisotopic (exact) mass is 319 g/mol. The van der Waals surface area contributed by atoms with Gasteiger partial charge in [0.05, 0.1) is 25.1 Å². The van der Waals surface area contributed by atoms with Crippen molar-refractivity contribution in [2.75, 3.05) is 14.2 Å². The molecule has 0 spiro atoms. The second-order valence-electron chi connectivity index (χ2n) is 3.56. The molecular weight excluding hydrogens is 306 g/mol. The van der Waals surface area contributed by atoms with Crippen LogP contribution in [0.15, 0.2) is 10.5 Å². The van der Waals surface area contributed by atoms with Gasteiger partial charge in [-0.25, -0.2) is 0 Å². The summed E-state index contributed by atoms with van der Waals surface area (Å²) in [6.45, 7) is 0. The minimum atomic E-state index is -1.05. The van der Waals surface area contributed by atoms with Gasteiger partial charge in [-0.15, -0.1) is 0 Å². The van der Waals surface area contributed by atoms with Gasteiger partial charge in [0.1, 0.15) is 5.75 Å². The SMILES string of the molecule is COc1cc(O)c(C(N)CC(=O)O)c(Br)c1OC. The minimum Gasteiger partial charge on any atom is -0.507 e. The number of ether oxygens (including phenoxy) is 2. The summed E-state index contributed by atoms with van der Waals surface area (Å²) in [7, 11) is 2.87. The largest absolute Gasteiger partial charge is 0.507 e. The molecule has 6 nitrogen and oxygen atoms in total. The first-order valence-electron chi connectivity index (χ1n) is 5.03. The third-order valence-electron chi connectivity index (χ3n) is 2.39. The van der Waals surface area contributed by atoms with E-state index < -0.39 is 12.0 Å². The number of phenols is 1. The topological polar surface area (TPSA) is 102 Å². The zero-order valence-corrected chi connectivity index (χ0v) is 11.5. The van der Waals surface area contributed by atoms with Crippen molar-refractivity contribution in [2.45, 2.75) is 12.5 Å². The molecule has 18 heavy (non-hydrogen) atoms. The van der Waals surface area contributed by atoms with Gasteiger partial charge in [-0.3, -0.25) is 4.79 Å². The van der Waals surface area contributed by atoms with Gasteiger partial charge in [0, 0.05) is 17.7 Å². The van der Waals surface area contributed by atoms with Crippen molar-refractivity contribution in [1.82, 2.24) is 0 Å². The summed E-state index contributed by atoms with van der Waals surface area (Å²) in [4.78, 5) is 10.7. The highest BCUT2D eigenvalue weighted by Crippen LogP contribution is 2.45. The number of methoxy groups -OCH3 is 2. The summed E-state index contributed by atoms with van der Waals surface area (Å²) in [5.74, 6) is -0.517. The van der Waals surface area contributed by atoms with Gasteiger partial charge in [-0.05, 0) is 15.9 Å². The molecule has 0 fully saturated rings. The molecule has 100 valence electrons. The Bertz CT molecular complexity index is 463. The molecule has 0 aliphatic carbocycles. The standard InChI is InChI=1S/C11H14BrNO5/c1-17-7-4-6(14)9(5(13)3-8(15)16)10(12)11(7)18-2/h4-5,14H,3,13H2,1-2H3,(H,15,16). The molecule has 0 aromatic heterocycles. The maximum Gasteiger partial charge on any atom is 0.305 e. The molecule has 1 aromatic rings. The zero-order valence-electron chi connectivity index (χ0n) is 9.94. The predicted octanol–water partition coefficient (Wildman–Crippen LogP) is 1.65. The number of benzene rings is 1. The summed E-state index contributed by atoms with van der Waals surface area (Å²) in [6.07, 6.45) is -0.304. The van der Waals surface area contributed by atoms with Crippen molar-refractivity contribution in [2.24, 2.45) is 5.73 Å². The number of rotatable bonds is 5.